The van der Waals surface area contributed by atoms with Crippen LogP contribution in [0.2, 0.25) is 0 Å². The molecule has 2 aliphatic rings. The van der Waals surface area contributed by atoms with Gasteiger partial charge in [0, 0.05) is 23.8 Å². The summed E-state index contributed by atoms with van der Waals surface area (Å²) in [4.78, 5) is 14.5. The van der Waals surface area contributed by atoms with Crippen molar-refractivity contribution in [1.29, 1.82) is 0 Å². The lowest BCUT2D eigenvalue weighted by molar-refractivity contribution is -0.138. The summed E-state index contributed by atoms with van der Waals surface area (Å²) in [6.07, 6.45) is 2.22. The molecule has 0 bridgehead atoms. The van der Waals surface area contributed by atoms with Crippen molar-refractivity contribution in [3.63, 3.8) is 0 Å². The van der Waals surface area contributed by atoms with E-state index >= 15 is 0 Å². The van der Waals surface area contributed by atoms with Crippen LogP contribution in [-0.4, -0.2) is 28.7 Å². The lowest BCUT2D eigenvalue weighted by Crippen LogP contribution is -2.40. The van der Waals surface area contributed by atoms with E-state index in [2.05, 4.69) is 29.8 Å². The fraction of sp³-hybridized carbons (Fsp3) is 0.909. The highest BCUT2D eigenvalue weighted by atomic mass is 79.9. The third-order valence-corrected chi connectivity index (χ3v) is 4.75. The molecule has 0 aromatic heterocycles. The van der Waals surface area contributed by atoms with E-state index in [0.29, 0.717) is 22.6 Å². The smallest absolute Gasteiger partial charge is 0.225 e. The normalized spacial score (nSPS) is 42.4. The second kappa shape index (κ2) is 3.84. The molecule has 14 heavy (non-hydrogen) atoms. The van der Waals surface area contributed by atoms with Gasteiger partial charge in [0.1, 0.15) is 0 Å². The predicted octanol–water partition coefficient (Wildman–Crippen LogP) is 2.27. The molecule has 0 aromatic carbocycles. The Bertz CT molecular complexity index is 227. The second-order valence-electron chi connectivity index (χ2n) is 5.01. The Morgan fingerprint density at radius 1 is 1.29 bits per heavy atom. The van der Waals surface area contributed by atoms with Crippen LogP contribution in [0.4, 0.5) is 0 Å². The number of hydrogen-bond donors (Lipinski definition) is 0. The minimum Gasteiger partial charge on any atom is -0.341 e. The van der Waals surface area contributed by atoms with Crippen LogP contribution in [0.3, 0.4) is 0 Å². The molecule has 1 amide bonds. The van der Waals surface area contributed by atoms with Crippen LogP contribution in [0.5, 0.6) is 0 Å². The Kier molecular flexibility index (Phi) is 2.87. The minimum absolute atomic E-state index is 0.343. The highest BCUT2D eigenvalue weighted by molar-refractivity contribution is 9.09. The molecule has 3 heteroatoms. The quantitative estimate of drug-likeness (QED) is 0.662. The van der Waals surface area contributed by atoms with Gasteiger partial charge in [-0.1, -0.05) is 29.8 Å². The van der Waals surface area contributed by atoms with Gasteiger partial charge in [0.25, 0.3) is 0 Å². The van der Waals surface area contributed by atoms with Gasteiger partial charge in [-0.15, -0.1) is 0 Å². The lowest BCUT2D eigenvalue weighted by atomic mass is 9.75. The van der Waals surface area contributed by atoms with E-state index in [4.69, 9.17) is 0 Å². The van der Waals surface area contributed by atoms with Crippen molar-refractivity contribution in [1.82, 2.24) is 4.90 Å². The summed E-state index contributed by atoms with van der Waals surface area (Å²) >= 11 is 3.62. The first kappa shape index (κ1) is 10.5. The molecule has 80 valence electrons. The third-order valence-electron chi connectivity index (χ3n) is 3.56. The van der Waals surface area contributed by atoms with Gasteiger partial charge >= 0.3 is 0 Å². The zero-order valence-corrected chi connectivity index (χ0v) is 10.5. The molecule has 0 radical (unpaired) electrons. The van der Waals surface area contributed by atoms with Gasteiger partial charge in [-0.25, -0.2) is 0 Å². The first-order chi connectivity index (χ1) is 6.58. The number of amides is 1. The molecule has 0 aromatic rings. The lowest BCUT2D eigenvalue weighted by Gasteiger charge is -2.34. The Balaban J connectivity index is 1.87. The topological polar surface area (TPSA) is 20.3 Å². The number of halogens is 1. The highest BCUT2D eigenvalue weighted by Crippen LogP contribution is 2.36. The Hall–Kier alpha value is -0.0500. The molecule has 2 fully saturated rings. The molecule has 0 N–H and O–H groups in total. The van der Waals surface area contributed by atoms with Crippen molar-refractivity contribution >= 4 is 21.8 Å². The predicted molar refractivity (Wildman–Crippen MR) is 60.3 cm³/mol. The number of hydrogen-bond acceptors (Lipinski definition) is 1. The van der Waals surface area contributed by atoms with Crippen LogP contribution in [0, 0.1) is 17.8 Å². The fourth-order valence-electron chi connectivity index (χ4n) is 2.47. The molecule has 1 saturated heterocycles. The van der Waals surface area contributed by atoms with Gasteiger partial charge in [-0.05, 0) is 24.7 Å². The average Bonchev–Trinajstić information content (AvgIpc) is 2.41. The van der Waals surface area contributed by atoms with Gasteiger partial charge in [0.05, 0.1) is 0 Å². The molecule has 2 atom stereocenters. The number of alkyl halides is 1. The molecule has 2 nitrogen and oxygen atoms in total. The Labute approximate surface area is 94.2 Å². The average molecular weight is 260 g/mol. The molecule has 0 spiro atoms. The summed E-state index contributed by atoms with van der Waals surface area (Å²) in [5.41, 5.74) is 0. The maximum absolute atomic E-state index is 12.0. The van der Waals surface area contributed by atoms with Gasteiger partial charge in [0.2, 0.25) is 5.91 Å². The maximum Gasteiger partial charge on any atom is 0.225 e. The first-order valence-electron chi connectivity index (χ1n) is 5.50. The summed E-state index contributed by atoms with van der Waals surface area (Å²) in [6, 6.07) is 0. The van der Waals surface area contributed by atoms with Crippen molar-refractivity contribution in [2.24, 2.45) is 17.8 Å². The van der Waals surface area contributed by atoms with Crippen LogP contribution in [0.15, 0.2) is 0 Å². The fourth-order valence-corrected chi connectivity index (χ4v) is 2.99. The van der Waals surface area contributed by atoms with Gasteiger partial charge in [0.15, 0.2) is 0 Å². The number of nitrogens with zero attached hydrogens (tertiary/aromatic N) is 1. The zero-order valence-electron chi connectivity index (χ0n) is 8.87. The van der Waals surface area contributed by atoms with Crippen LogP contribution in [0.25, 0.3) is 0 Å². The second-order valence-corrected chi connectivity index (χ2v) is 6.19. The van der Waals surface area contributed by atoms with E-state index in [1.54, 1.807) is 0 Å². The van der Waals surface area contributed by atoms with Gasteiger partial charge in [-0.3, -0.25) is 4.79 Å². The molecule has 2 rings (SSSR count). The summed E-state index contributed by atoms with van der Waals surface area (Å²) in [6.45, 7) is 6.28. The summed E-state index contributed by atoms with van der Waals surface area (Å²) in [5, 5.41) is 0. The molecule has 1 aliphatic heterocycles. The van der Waals surface area contributed by atoms with Crippen molar-refractivity contribution in [3.8, 4) is 0 Å². The van der Waals surface area contributed by atoms with E-state index in [1.165, 1.54) is 0 Å². The van der Waals surface area contributed by atoms with Crippen LogP contribution in [-0.2, 0) is 4.79 Å². The van der Waals surface area contributed by atoms with Gasteiger partial charge in [-0.2, -0.15) is 0 Å². The Morgan fingerprint density at radius 2 is 1.93 bits per heavy atom. The molecular weight excluding hydrogens is 242 g/mol. The molecule has 1 saturated carbocycles. The van der Waals surface area contributed by atoms with Crippen molar-refractivity contribution in [3.05, 3.63) is 0 Å². The van der Waals surface area contributed by atoms with E-state index in [9.17, 15) is 4.79 Å². The standard InChI is InChI=1S/C11H18BrNO/c1-7-3-9(4-7)11(14)13-5-8(2)10(12)6-13/h7-10H,3-6H2,1-2H3. The summed E-state index contributed by atoms with van der Waals surface area (Å²) in [5.74, 6) is 2.12. The Morgan fingerprint density at radius 3 is 2.36 bits per heavy atom. The van der Waals surface area contributed by atoms with Crippen molar-refractivity contribution in [2.45, 2.75) is 31.5 Å². The monoisotopic (exact) mass is 259 g/mol. The van der Waals surface area contributed by atoms with E-state index in [1.807, 2.05) is 4.90 Å². The van der Waals surface area contributed by atoms with E-state index in [-0.39, 0.29) is 0 Å². The van der Waals surface area contributed by atoms with Gasteiger partial charge < -0.3 is 4.90 Å². The van der Waals surface area contributed by atoms with Crippen LogP contribution < -0.4 is 0 Å². The van der Waals surface area contributed by atoms with Crippen LogP contribution in [0.1, 0.15) is 26.7 Å². The molecule has 1 aliphatic carbocycles. The number of carbonyl (C=O) groups excluding carboxylic acids is 1. The zero-order chi connectivity index (χ0) is 10.3. The third kappa shape index (κ3) is 1.83. The summed E-state index contributed by atoms with van der Waals surface area (Å²) < 4.78 is 0. The summed E-state index contributed by atoms with van der Waals surface area (Å²) in [7, 11) is 0. The highest BCUT2D eigenvalue weighted by Gasteiger charge is 2.38. The molecule has 2 unspecified atom stereocenters. The SMILES string of the molecule is CC1CC(C(=O)N2CC(C)C(Br)C2)C1. The van der Waals surface area contributed by atoms with Crippen molar-refractivity contribution in [2.75, 3.05) is 13.1 Å². The molecule has 1 heterocycles. The molecular formula is C11H18BrNO. The largest absolute Gasteiger partial charge is 0.341 e. The maximum atomic E-state index is 12.0. The van der Waals surface area contributed by atoms with E-state index in [0.717, 1.165) is 31.8 Å². The van der Waals surface area contributed by atoms with Crippen LogP contribution >= 0.6 is 15.9 Å². The number of carbonyl (C=O) groups is 1. The first-order valence-corrected chi connectivity index (χ1v) is 6.42. The van der Waals surface area contributed by atoms with E-state index < -0.39 is 0 Å². The number of rotatable bonds is 1. The van der Waals surface area contributed by atoms with Crippen molar-refractivity contribution < 1.29 is 4.79 Å². The number of likely N-dealkylation sites (tertiary alicyclic amines) is 1. The minimum atomic E-state index is 0.343.